The molecule has 2 rings (SSSR count). The van der Waals surface area contributed by atoms with Gasteiger partial charge in [-0.1, -0.05) is 31.4 Å². The van der Waals surface area contributed by atoms with E-state index in [0.717, 1.165) is 11.6 Å². The third kappa shape index (κ3) is 2.87. The number of anilines is 1. The van der Waals surface area contributed by atoms with Crippen LogP contribution in [-0.2, 0) is 4.79 Å². The van der Waals surface area contributed by atoms with Gasteiger partial charge in [0.2, 0.25) is 5.91 Å². The molecular weight excluding hydrogens is 210 g/mol. The van der Waals surface area contributed by atoms with Gasteiger partial charge in [-0.2, -0.15) is 0 Å². The summed E-state index contributed by atoms with van der Waals surface area (Å²) in [4.78, 5) is 12.9. The quantitative estimate of drug-likeness (QED) is 0.759. The Morgan fingerprint density at radius 3 is 2.24 bits per heavy atom. The molecule has 17 heavy (non-hydrogen) atoms. The highest BCUT2D eigenvalue weighted by Gasteiger charge is 2.15. The summed E-state index contributed by atoms with van der Waals surface area (Å²) >= 11 is 0. The van der Waals surface area contributed by atoms with Crippen LogP contribution >= 0.6 is 0 Å². The number of hydrogen-bond acceptors (Lipinski definition) is 1. The normalized spacial score (nSPS) is 16.8. The molecule has 1 saturated carbocycles. The molecule has 0 saturated heterocycles. The van der Waals surface area contributed by atoms with Crippen molar-refractivity contribution < 1.29 is 4.79 Å². The number of benzene rings is 1. The summed E-state index contributed by atoms with van der Waals surface area (Å²) in [5, 5.41) is 0. The molecule has 1 aromatic carbocycles. The fourth-order valence-corrected chi connectivity index (χ4v) is 2.59. The van der Waals surface area contributed by atoms with Crippen LogP contribution in [0.1, 0.15) is 50.5 Å². The first-order valence-corrected chi connectivity index (χ1v) is 6.53. The van der Waals surface area contributed by atoms with Crippen LogP contribution in [0.4, 0.5) is 5.69 Å². The predicted molar refractivity (Wildman–Crippen MR) is 71.4 cm³/mol. The fraction of sp³-hybridized carbons (Fsp3) is 0.533. The Bertz CT molecular complexity index is 376. The number of hydrogen-bond donors (Lipinski definition) is 0. The van der Waals surface area contributed by atoms with Crippen molar-refractivity contribution in [3.8, 4) is 0 Å². The molecule has 1 fully saturated rings. The van der Waals surface area contributed by atoms with Crippen molar-refractivity contribution in [2.45, 2.75) is 44.9 Å². The van der Waals surface area contributed by atoms with E-state index in [9.17, 15) is 4.79 Å². The Balaban J connectivity index is 2.09. The maximum Gasteiger partial charge on any atom is 0.223 e. The van der Waals surface area contributed by atoms with E-state index in [-0.39, 0.29) is 5.91 Å². The van der Waals surface area contributed by atoms with Gasteiger partial charge >= 0.3 is 0 Å². The molecule has 2 heteroatoms. The maximum atomic E-state index is 11.3. The zero-order chi connectivity index (χ0) is 12.3. The Morgan fingerprint density at radius 1 is 1.12 bits per heavy atom. The maximum absolute atomic E-state index is 11.3. The van der Waals surface area contributed by atoms with E-state index < -0.39 is 0 Å². The van der Waals surface area contributed by atoms with Crippen LogP contribution in [0.15, 0.2) is 24.3 Å². The molecule has 92 valence electrons. The van der Waals surface area contributed by atoms with Crippen LogP contribution in [0.25, 0.3) is 0 Å². The topological polar surface area (TPSA) is 20.3 Å². The van der Waals surface area contributed by atoms with Gasteiger partial charge in [-0.3, -0.25) is 4.79 Å². The van der Waals surface area contributed by atoms with Crippen molar-refractivity contribution in [2.75, 3.05) is 11.9 Å². The molecule has 0 atom stereocenters. The molecule has 0 heterocycles. The zero-order valence-electron chi connectivity index (χ0n) is 10.8. The van der Waals surface area contributed by atoms with Gasteiger partial charge in [0.15, 0.2) is 0 Å². The Morgan fingerprint density at radius 2 is 1.71 bits per heavy atom. The first kappa shape index (κ1) is 12.2. The van der Waals surface area contributed by atoms with Crippen LogP contribution in [0, 0.1) is 0 Å². The average molecular weight is 231 g/mol. The molecule has 2 nitrogen and oxygen atoms in total. The molecule has 0 aliphatic heterocycles. The summed E-state index contributed by atoms with van der Waals surface area (Å²) in [5.74, 6) is 0.816. The third-order valence-electron chi connectivity index (χ3n) is 3.83. The van der Waals surface area contributed by atoms with Gasteiger partial charge in [0.25, 0.3) is 0 Å². The second kappa shape index (κ2) is 5.35. The fourth-order valence-electron chi connectivity index (χ4n) is 2.59. The van der Waals surface area contributed by atoms with Gasteiger partial charge in [0.1, 0.15) is 0 Å². The molecule has 1 aliphatic rings. The Kier molecular flexibility index (Phi) is 3.82. The van der Waals surface area contributed by atoms with Crippen LogP contribution in [0.5, 0.6) is 0 Å². The van der Waals surface area contributed by atoms with E-state index >= 15 is 0 Å². The first-order chi connectivity index (χ1) is 8.18. The van der Waals surface area contributed by atoms with Gasteiger partial charge < -0.3 is 4.90 Å². The second-order valence-electron chi connectivity index (χ2n) is 5.00. The largest absolute Gasteiger partial charge is 0.316 e. The van der Waals surface area contributed by atoms with E-state index in [1.165, 1.54) is 37.7 Å². The van der Waals surface area contributed by atoms with Gasteiger partial charge in [-0.15, -0.1) is 0 Å². The Hall–Kier alpha value is -1.31. The van der Waals surface area contributed by atoms with Gasteiger partial charge in [-0.25, -0.2) is 0 Å². The number of carbonyl (C=O) groups excluding carboxylic acids is 1. The van der Waals surface area contributed by atoms with Crippen LogP contribution < -0.4 is 4.90 Å². The average Bonchev–Trinajstić information content (AvgIpc) is 2.39. The van der Waals surface area contributed by atoms with E-state index in [2.05, 4.69) is 24.3 Å². The summed E-state index contributed by atoms with van der Waals surface area (Å²) < 4.78 is 0. The molecule has 1 aliphatic carbocycles. The highest BCUT2D eigenvalue weighted by Crippen LogP contribution is 2.33. The summed E-state index contributed by atoms with van der Waals surface area (Å²) in [6.07, 6.45) is 6.75. The SMILES string of the molecule is CC(=O)N(C)c1ccc(C2CCCCC2)cc1. The zero-order valence-corrected chi connectivity index (χ0v) is 10.8. The number of carbonyl (C=O) groups is 1. The van der Waals surface area contributed by atoms with E-state index in [0.29, 0.717) is 0 Å². The summed E-state index contributed by atoms with van der Waals surface area (Å²) in [6.45, 7) is 1.59. The van der Waals surface area contributed by atoms with Crippen molar-refractivity contribution in [1.82, 2.24) is 0 Å². The van der Waals surface area contributed by atoms with E-state index in [1.807, 2.05) is 7.05 Å². The lowest BCUT2D eigenvalue weighted by molar-refractivity contribution is -0.116. The summed E-state index contributed by atoms with van der Waals surface area (Å²) in [5.41, 5.74) is 2.42. The number of nitrogens with zero attached hydrogens (tertiary/aromatic N) is 1. The van der Waals surface area contributed by atoms with E-state index in [1.54, 1.807) is 11.8 Å². The number of rotatable bonds is 2. The molecule has 1 aromatic rings. The lowest BCUT2D eigenvalue weighted by Gasteiger charge is -2.23. The highest BCUT2D eigenvalue weighted by atomic mass is 16.2. The van der Waals surface area contributed by atoms with Crippen molar-refractivity contribution in [1.29, 1.82) is 0 Å². The Labute approximate surface area is 104 Å². The third-order valence-corrected chi connectivity index (χ3v) is 3.83. The molecular formula is C15H21NO. The molecule has 1 amide bonds. The predicted octanol–water partition coefficient (Wildman–Crippen LogP) is 3.72. The van der Waals surface area contributed by atoms with Crippen molar-refractivity contribution in [2.24, 2.45) is 0 Å². The standard InChI is InChI=1S/C15H21NO/c1-12(17)16(2)15-10-8-14(9-11-15)13-6-4-3-5-7-13/h8-11,13H,3-7H2,1-2H3. The molecule has 0 aromatic heterocycles. The molecule has 0 spiro atoms. The first-order valence-electron chi connectivity index (χ1n) is 6.53. The minimum atomic E-state index is 0.0791. The smallest absolute Gasteiger partial charge is 0.223 e. The minimum absolute atomic E-state index is 0.0791. The van der Waals surface area contributed by atoms with Crippen LogP contribution in [-0.4, -0.2) is 13.0 Å². The van der Waals surface area contributed by atoms with Crippen LogP contribution in [0.3, 0.4) is 0 Å². The highest BCUT2D eigenvalue weighted by molar-refractivity contribution is 5.90. The van der Waals surface area contributed by atoms with Gasteiger partial charge in [0, 0.05) is 19.7 Å². The number of amides is 1. The monoisotopic (exact) mass is 231 g/mol. The lowest BCUT2D eigenvalue weighted by atomic mass is 9.84. The van der Waals surface area contributed by atoms with Crippen molar-refractivity contribution in [3.05, 3.63) is 29.8 Å². The minimum Gasteiger partial charge on any atom is -0.316 e. The molecule has 0 unspecified atom stereocenters. The summed E-state index contributed by atoms with van der Waals surface area (Å²) in [7, 11) is 1.82. The van der Waals surface area contributed by atoms with Crippen molar-refractivity contribution in [3.63, 3.8) is 0 Å². The second-order valence-corrected chi connectivity index (χ2v) is 5.00. The van der Waals surface area contributed by atoms with Crippen molar-refractivity contribution >= 4 is 11.6 Å². The van der Waals surface area contributed by atoms with E-state index in [4.69, 9.17) is 0 Å². The lowest BCUT2D eigenvalue weighted by Crippen LogP contribution is -2.22. The van der Waals surface area contributed by atoms with Crippen LogP contribution in [0.2, 0.25) is 0 Å². The molecule has 0 radical (unpaired) electrons. The summed E-state index contributed by atoms with van der Waals surface area (Å²) in [6, 6.07) is 8.49. The molecule has 0 N–H and O–H groups in total. The van der Waals surface area contributed by atoms with Gasteiger partial charge in [-0.05, 0) is 36.5 Å². The van der Waals surface area contributed by atoms with Gasteiger partial charge in [0.05, 0.1) is 0 Å². The molecule has 0 bridgehead atoms.